The summed E-state index contributed by atoms with van der Waals surface area (Å²) in [7, 11) is 0. The number of ether oxygens (including phenoxy) is 1. The summed E-state index contributed by atoms with van der Waals surface area (Å²) in [5, 5.41) is 0.353. The molecule has 0 N–H and O–H groups in total. The predicted octanol–water partition coefficient (Wildman–Crippen LogP) is 2.86. The number of fused-ring (bicyclic) bond motifs is 1. The molecule has 5 nitrogen and oxygen atoms in total. The normalized spacial score (nSPS) is 29.6. The van der Waals surface area contributed by atoms with E-state index in [-0.39, 0.29) is 43.4 Å². The van der Waals surface area contributed by atoms with Gasteiger partial charge in [0.2, 0.25) is 0 Å². The third-order valence-electron chi connectivity index (χ3n) is 4.09. The van der Waals surface area contributed by atoms with Crippen LogP contribution in [0.1, 0.15) is 33.4 Å². The van der Waals surface area contributed by atoms with Crippen molar-refractivity contribution in [1.82, 2.24) is 19.5 Å². The molecule has 1 aliphatic heterocycles. The molecule has 0 aliphatic carbocycles. The first-order valence-corrected chi connectivity index (χ1v) is 6.92. The van der Waals surface area contributed by atoms with Gasteiger partial charge in [0, 0.05) is 49.0 Å². The van der Waals surface area contributed by atoms with E-state index in [2.05, 4.69) is 42.1 Å². The van der Waals surface area contributed by atoms with E-state index in [0.29, 0.717) is 28.2 Å². The Kier molecular flexibility index (Phi) is 5.12. The summed E-state index contributed by atoms with van der Waals surface area (Å²) in [5.74, 6) is 0.880. The maximum absolute atomic E-state index is 6.12. The Bertz CT molecular complexity index is 605. The molecule has 2 aromatic heterocycles. The average molecular weight is 518 g/mol. The van der Waals surface area contributed by atoms with E-state index in [0.717, 1.165) is 6.42 Å². The minimum absolute atomic E-state index is 0. The smallest absolute Gasteiger partial charge is 0.118 e. The monoisotopic (exact) mass is 517 g/mol. The topological polar surface area (TPSA) is 52.8 Å². The summed E-state index contributed by atoms with van der Waals surface area (Å²) in [6.45, 7) is 6.55. The zero-order chi connectivity index (χ0) is 13.6. The molecule has 0 bridgehead atoms. The Morgan fingerprint density at radius 3 is 2.75 bits per heavy atom. The Morgan fingerprint density at radius 2 is 2.10 bits per heavy atom. The molecule has 3 rings (SSSR count). The van der Waals surface area contributed by atoms with E-state index >= 15 is 0 Å². The quantitative estimate of drug-likeness (QED) is 0.454. The molecule has 1 unspecified atom stereocenters. The maximum atomic E-state index is 6.12. The Balaban J connectivity index is 0.00000147. The zero-order valence-electron chi connectivity index (χ0n) is 11.7. The van der Waals surface area contributed by atoms with Gasteiger partial charge in [-0.2, -0.15) is 0 Å². The first-order chi connectivity index (χ1) is 9.13. The van der Waals surface area contributed by atoms with E-state index < -0.39 is 0 Å². The third-order valence-corrected chi connectivity index (χ3v) is 4.37. The second-order valence-electron chi connectivity index (χ2n) is 5.11. The first kappa shape index (κ1) is 16.2. The van der Waals surface area contributed by atoms with Crippen LogP contribution in [0.2, 0.25) is 5.15 Å². The number of hydrogen-bond donors (Lipinski definition) is 0. The second kappa shape index (κ2) is 6.31. The van der Waals surface area contributed by atoms with Crippen LogP contribution in [0.25, 0.3) is 11.2 Å². The van der Waals surface area contributed by atoms with E-state index in [9.17, 15) is 0 Å². The number of nitrogens with zero attached hydrogens (tertiary/aromatic N) is 4. The molecule has 3 heterocycles. The Morgan fingerprint density at radius 1 is 1.35 bits per heavy atom. The molecule has 0 radical (unpaired) electrons. The van der Waals surface area contributed by atoms with Gasteiger partial charge in [-0.3, -0.25) is 4.98 Å². The van der Waals surface area contributed by atoms with Gasteiger partial charge in [0.15, 0.2) is 0 Å². The van der Waals surface area contributed by atoms with Gasteiger partial charge in [0.25, 0.3) is 0 Å². The largest absolute Gasteiger partial charge is 0.408 e. The van der Waals surface area contributed by atoms with Crippen molar-refractivity contribution in [2.75, 3.05) is 0 Å². The molecule has 4 atom stereocenters. The molecule has 0 aromatic carbocycles. The number of aromatic nitrogens is 4. The van der Waals surface area contributed by atoms with Gasteiger partial charge >= 0.3 is 0 Å². The number of halogens is 1. The molecular weight excluding hydrogens is 502 g/mol. The Labute approximate surface area is 146 Å². The van der Waals surface area contributed by atoms with Gasteiger partial charge in [-0.15, -0.1) is 0 Å². The average Bonchev–Trinajstić information content (AvgIpc) is 2.94. The number of imidazole rings is 1. The molecule has 106 valence electrons. The summed E-state index contributed by atoms with van der Waals surface area (Å²) in [6.07, 6.45) is 5.57. The van der Waals surface area contributed by atoms with Crippen molar-refractivity contribution in [3.63, 3.8) is 0 Å². The van der Waals surface area contributed by atoms with Crippen LogP contribution in [0.15, 0.2) is 6.33 Å². The fourth-order valence-electron chi connectivity index (χ4n) is 2.74. The molecule has 1 aliphatic rings. The SMILES string of the molecule is CC[C@H]1O[C@@H](n2[c-]nc3c(Cl)ncnc32)C(C)[C@@H]1C.[U]. The zero-order valence-corrected chi connectivity index (χ0v) is 16.6. The van der Waals surface area contributed by atoms with E-state index in [4.69, 9.17) is 16.3 Å². The van der Waals surface area contributed by atoms with Crippen LogP contribution >= 0.6 is 11.6 Å². The van der Waals surface area contributed by atoms with Crippen LogP contribution in [-0.2, 0) is 4.74 Å². The summed E-state index contributed by atoms with van der Waals surface area (Å²) in [6, 6.07) is 0. The molecule has 2 aromatic rings. The van der Waals surface area contributed by atoms with Gasteiger partial charge in [-0.1, -0.05) is 32.4 Å². The van der Waals surface area contributed by atoms with Gasteiger partial charge in [-0.25, -0.2) is 4.98 Å². The molecule has 20 heavy (non-hydrogen) atoms. The summed E-state index contributed by atoms with van der Waals surface area (Å²) in [4.78, 5) is 12.4. The van der Waals surface area contributed by atoms with Gasteiger partial charge < -0.3 is 14.3 Å². The minimum atomic E-state index is -0.0871. The summed E-state index contributed by atoms with van der Waals surface area (Å²) < 4.78 is 7.96. The van der Waals surface area contributed by atoms with Gasteiger partial charge in [-0.05, 0) is 17.9 Å². The third kappa shape index (κ3) is 2.52. The van der Waals surface area contributed by atoms with Gasteiger partial charge in [0.1, 0.15) is 12.6 Å². The molecule has 1 fully saturated rings. The number of rotatable bonds is 2. The fourth-order valence-corrected chi connectivity index (χ4v) is 2.91. The van der Waals surface area contributed by atoms with Crippen molar-refractivity contribution >= 4 is 22.8 Å². The molecule has 7 heteroatoms. The van der Waals surface area contributed by atoms with Crippen molar-refractivity contribution in [1.29, 1.82) is 0 Å². The van der Waals surface area contributed by atoms with Crippen LogP contribution in [-0.4, -0.2) is 25.6 Å². The van der Waals surface area contributed by atoms with E-state index in [1.807, 2.05) is 4.57 Å². The maximum Gasteiger partial charge on any atom is 0.118 e. The molecule has 0 saturated carbocycles. The van der Waals surface area contributed by atoms with E-state index in [1.54, 1.807) is 0 Å². The summed E-state index contributed by atoms with van der Waals surface area (Å²) >= 11 is 6.01. The fraction of sp³-hybridized carbons (Fsp3) is 0.615. The summed E-state index contributed by atoms with van der Waals surface area (Å²) in [5.41, 5.74) is 1.26. The van der Waals surface area contributed by atoms with Crippen molar-refractivity contribution in [2.24, 2.45) is 11.8 Å². The minimum Gasteiger partial charge on any atom is -0.408 e. The van der Waals surface area contributed by atoms with Crippen molar-refractivity contribution in [3.8, 4) is 0 Å². The van der Waals surface area contributed by atoms with Crippen LogP contribution in [0.3, 0.4) is 0 Å². The predicted molar refractivity (Wildman–Crippen MR) is 71.7 cm³/mol. The van der Waals surface area contributed by atoms with E-state index in [1.165, 1.54) is 6.33 Å². The standard InChI is InChI=1S/C13H16ClN4O.U/c1-4-9-7(2)8(3)13(19-9)18-6-17-10-11(14)15-5-16-12(10)18;/h5,7-9,13H,4H2,1-3H3;/q-1;/t7-,8?,9+,13+;/m0./s1. The van der Waals surface area contributed by atoms with Crippen LogP contribution < -0.4 is 0 Å². The number of hydrogen-bond acceptors (Lipinski definition) is 4. The first-order valence-electron chi connectivity index (χ1n) is 6.55. The van der Waals surface area contributed by atoms with Crippen LogP contribution in [0, 0.1) is 49.3 Å². The van der Waals surface area contributed by atoms with Crippen molar-refractivity contribution < 1.29 is 35.9 Å². The second-order valence-corrected chi connectivity index (χ2v) is 5.47. The molecule has 1 saturated heterocycles. The Hall–Kier alpha value is -0.148. The van der Waals surface area contributed by atoms with Gasteiger partial charge in [0.05, 0.1) is 11.3 Å². The molecule has 0 amide bonds. The van der Waals surface area contributed by atoms with Crippen LogP contribution in [0.4, 0.5) is 0 Å². The van der Waals surface area contributed by atoms with Crippen LogP contribution in [0.5, 0.6) is 0 Å². The molecular formula is C13H16ClN4OU-. The van der Waals surface area contributed by atoms with Crippen molar-refractivity contribution in [3.05, 3.63) is 17.8 Å². The molecule has 0 spiro atoms. The van der Waals surface area contributed by atoms with Crippen molar-refractivity contribution in [2.45, 2.75) is 39.5 Å².